The molecule has 0 amide bonds. The molecule has 1 aliphatic rings. The van der Waals surface area contributed by atoms with Crippen LogP contribution in [0.2, 0.25) is 0 Å². The number of nitrogens with two attached hydrogens (primary N) is 1. The van der Waals surface area contributed by atoms with Gasteiger partial charge in [-0.15, -0.1) is 0 Å². The lowest BCUT2D eigenvalue weighted by Gasteiger charge is -2.30. The molecular formula is C14H30N2. The Bertz CT molecular complexity index is 207. The molecular weight excluding hydrogens is 196 g/mol. The Kier molecular flexibility index (Phi) is 4.81. The van der Waals surface area contributed by atoms with Crippen LogP contribution < -0.4 is 5.73 Å². The summed E-state index contributed by atoms with van der Waals surface area (Å²) in [7, 11) is 0. The summed E-state index contributed by atoms with van der Waals surface area (Å²) in [4.78, 5) is 2.63. The van der Waals surface area contributed by atoms with Crippen molar-refractivity contribution in [3.8, 4) is 0 Å². The minimum Gasteiger partial charge on any atom is -0.330 e. The van der Waals surface area contributed by atoms with Crippen molar-refractivity contribution in [2.45, 2.75) is 53.5 Å². The third-order valence-corrected chi connectivity index (χ3v) is 3.64. The number of hydrogen-bond donors (Lipinski definition) is 1. The zero-order chi connectivity index (χ0) is 12.3. The smallest absolute Gasteiger partial charge is 0.00701 e. The van der Waals surface area contributed by atoms with Crippen molar-refractivity contribution >= 4 is 0 Å². The van der Waals surface area contributed by atoms with E-state index in [-0.39, 0.29) is 0 Å². The second-order valence-corrected chi connectivity index (χ2v) is 7.01. The fourth-order valence-corrected chi connectivity index (χ4v) is 3.06. The molecule has 0 spiro atoms. The number of hydrogen-bond acceptors (Lipinski definition) is 2. The van der Waals surface area contributed by atoms with Gasteiger partial charge in [-0.05, 0) is 43.6 Å². The quantitative estimate of drug-likeness (QED) is 0.798. The lowest BCUT2D eigenvalue weighted by atomic mass is 9.84. The van der Waals surface area contributed by atoms with E-state index in [1.807, 2.05) is 0 Å². The zero-order valence-corrected chi connectivity index (χ0v) is 11.8. The van der Waals surface area contributed by atoms with Gasteiger partial charge in [0.25, 0.3) is 0 Å². The lowest BCUT2D eigenvalue weighted by Crippen LogP contribution is -2.36. The number of nitrogens with zero attached hydrogens (tertiary/aromatic N) is 1. The summed E-state index contributed by atoms with van der Waals surface area (Å²) >= 11 is 0. The largest absolute Gasteiger partial charge is 0.330 e. The summed E-state index contributed by atoms with van der Waals surface area (Å²) in [6.07, 6.45) is 2.59. The van der Waals surface area contributed by atoms with Crippen LogP contribution in [0, 0.1) is 17.3 Å². The molecule has 2 heteroatoms. The van der Waals surface area contributed by atoms with Crippen molar-refractivity contribution in [1.82, 2.24) is 4.90 Å². The molecule has 1 rings (SSSR count). The van der Waals surface area contributed by atoms with E-state index in [2.05, 4.69) is 39.5 Å². The molecule has 0 aromatic heterocycles. The average molecular weight is 226 g/mol. The molecule has 96 valence electrons. The van der Waals surface area contributed by atoms with Gasteiger partial charge in [-0.2, -0.15) is 0 Å². The predicted octanol–water partition coefficient (Wildman–Crippen LogP) is 2.73. The topological polar surface area (TPSA) is 29.3 Å². The van der Waals surface area contributed by atoms with E-state index in [4.69, 9.17) is 5.73 Å². The molecule has 0 bridgehead atoms. The summed E-state index contributed by atoms with van der Waals surface area (Å²) in [6.45, 7) is 14.9. The van der Waals surface area contributed by atoms with Gasteiger partial charge in [-0.3, -0.25) is 0 Å². The Labute approximate surface area is 102 Å². The van der Waals surface area contributed by atoms with Gasteiger partial charge in [-0.25, -0.2) is 0 Å². The molecule has 16 heavy (non-hydrogen) atoms. The molecule has 2 nitrogen and oxygen atoms in total. The highest BCUT2D eigenvalue weighted by molar-refractivity contribution is 4.83. The first-order valence-electron chi connectivity index (χ1n) is 6.76. The lowest BCUT2D eigenvalue weighted by molar-refractivity contribution is 0.188. The van der Waals surface area contributed by atoms with Crippen molar-refractivity contribution in [2.75, 3.05) is 19.6 Å². The van der Waals surface area contributed by atoms with Crippen LogP contribution >= 0.6 is 0 Å². The Hall–Kier alpha value is -0.0800. The molecule has 1 saturated heterocycles. The third kappa shape index (κ3) is 4.42. The highest BCUT2D eigenvalue weighted by Gasteiger charge is 2.28. The third-order valence-electron chi connectivity index (χ3n) is 3.64. The summed E-state index contributed by atoms with van der Waals surface area (Å²) in [5.74, 6) is 1.52. The monoisotopic (exact) mass is 226 g/mol. The fraction of sp³-hybridized carbons (Fsp3) is 1.00. The Balaban J connectivity index is 2.44. The van der Waals surface area contributed by atoms with E-state index in [0.717, 1.165) is 18.5 Å². The maximum atomic E-state index is 5.91. The van der Waals surface area contributed by atoms with Crippen LogP contribution in [-0.2, 0) is 0 Å². The first kappa shape index (κ1) is 14.0. The van der Waals surface area contributed by atoms with Gasteiger partial charge in [0.1, 0.15) is 0 Å². The summed E-state index contributed by atoms with van der Waals surface area (Å²) in [5, 5.41) is 0. The highest BCUT2D eigenvalue weighted by Crippen LogP contribution is 2.28. The molecule has 0 saturated carbocycles. The minimum absolute atomic E-state index is 0.401. The van der Waals surface area contributed by atoms with Crippen LogP contribution in [0.1, 0.15) is 47.5 Å². The van der Waals surface area contributed by atoms with Gasteiger partial charge in [0.2, 0.25) is 0 Å². The van der Waals surface area contributed by atoms with E-state index in [9.17, 15) is 0 Å². The van der Waals surface area contributed by atoms with Gasteiger partial charge < -0.3 is 10.6 Å². The fourth-order valence-electron chi connectivity index (χ4n) is 3.06. The first-order valence-corrected chi connectivity index (χ1v) is 6.76. The van der Waals surface area contributed by atoms with Crippen molar-refractivity contribution in [3.63, 3.8) is 0 Å². The maximum absolute atomic E-state index is 5.91. The Morgan fingerprint density at radius 3 is 2.31 bits per heavy atom. The van der Waals surface area contributed by atoms with Gasteiger partial charge in [0.15, 0.2) is 0 Å². The molecule has 0 radical (unpaired) electrons. The Morgan fingerprint density at radius 2 is 1.94 bits per heavy atom. The molecule has 3 atom stereocenters. The van der Waals surface area contributed by atoms with Gasteiger partial charge in [0, 0.05) is 19.1 Å². The van der Waals surface area contributed by atoms with Gasteiger partial charge in [0.05, 0.1) is 0 Å². The summed E-state index contributed by atoms with van der Waals surface area (Å²) in [5.41, 5.74) is 6.31. The second-order valence-electron chi connectivity index (χ2n) is 7.01. The molecule has 0 aliphatic carbocycles. The van der Waals surface area contributed by atoms with Gasteiger partial charge >= 0.3 is 0 Å². The van der Waals surface area contributed by atoms with Crippen LogP contribution in [0.4, 0.5) is 0 Å². The highest BCUT2D eigenvalue weighted by atomic mass is 15.2. The van der Waals surface area contributed by atoms with Crippen LogP contribution in [0.5, 0.6) is 0 Å². The number of rotatable bonds is 4. The molecule has 3 unspecified atom stereocenters. The number of likely N-dealkylation sites (tertiary alicyclic amines) is 1. The molecule has 1 fully saturated rings. The van der Waals surface area contributed by atoms with Gasteiger partial charge in [-0.1, -0.05) is 27.7 Å². The standard InChI is InChI=1S/C14H30N2/c1-11-6-12(2)16(9-11)10-13(8-15)7-14(3,4)5/h11-13H,6-10,15H2,1-5H3. The minimum atomic E-state index is 0.401. The van der Waals surface area contributed by atoms with Crippen molar-refractivity contribution in [3.05, 3.63) is 0 Å². The zero-order valence-electron chi connectivity index (χ0n) is 11.8. The SMILES string of the molecule is CC1CC(C)N(CC(CN)CC(C)(C)C)C1. The average Bonchev–Trinajstić information content (AvgIpc) is 2.41. The maximum Gasteiger partial charge on any atom is 0.00701 e. The summed E-state index contributed by atoms with van der Waals surface area (Å²) in [6, 6.07) is 0.754. The van der Waals surface area contributed by atoms with E-state index >= 15 is 0 Å². The van der Waals surface area contributed by atoms with Crippen LogP contribution in [0.25, 0.3) is 0 Å². The molecule has 0 aromatic carbocycles. The second kappa shape index (κ2) is 5.50. The predicted molar refractivity (Wildman–Crippen MR) is 71.4 cm³/mol. The molecule has 1 heterocycles. The normalized spacial score (nSPS) is 29.6. The molecule has 2 N–H and O–H groups in total. The van der Waals surface area contributed by atoms with Crippen LogP contribution in [-0.4, -0.2) is 30.6 Å². The van der Waals surface area contributed by atoms with E-state index in [1.54, 1.807) is 0 Å². The van der Waals surface area contributed by atoms with E-state index in [1.165, 1.54) is 25.9 Å². The van der Waals surface area contributed by atoms with Crippen LogP contribution in [0.15, 0.2) is 0 Å². The van der Waals surface area contributed by atoms with Crippen LogP contribution in [0.3, 0.4) is 0 Å². The molecule has 0 aromatic rings. The molecule has 1 aliphatic heterocycles. The van der Waals surface area contributed by atoms with E-state index in [0.29, 0.717) is 11.3 Å². The van der Waals surface area contributed by atoms with Crippen molar-refractivity contribution in [2.24, 2.45) is 23.0 Å². The first-order chi connectivity index (χ1) is 7.31. The Morgan fingerprint density at radius 1 is 1.31 bits per heavy atom. The van der Waals surface area contributed by atoms with Crippen molar-refractivity contribution < 1.29 is 0 Å². The summed E-state index contributed by atoms with van der Waals surface area (Å²) < 4.78 is 0. The van der Waals surface area contributed by atoms with Crippen molar-refractivity contribution in [1.29, 1.82) is 0 Å². The van der Waals surface area contributed by atoms with E-state index < -0.39 is 0 Å².